The molecule has 4 nitrogen and oxygen atoms in total. The van der Waals surface area contributed by atoms with Gasteiger partial charge < -0.3 is 10.1 Å². The third-order valence-electron chi connectivity index (χ3n) is 4.03. The number of hydrogen-bond donors (Lipinski definition) is 1. The van der Waals surface area contributed by atoms with Gasteiger partial charge in [0.15, 0.2) is 0 Å². The maximum atomic E-state index is 14.1. The number of ether oxygens (including phenoxy) is 1. The van der Waals surface area contributed by atoms with Crippen molar-refractivity contribution < 1.29 is 13.9 Å². The number of aryl methyl sites for hydroxylation is 1. The van der Waals surface area contributed by atoms with Crippen molar-refractivity contribution in [2.24, 2.45) is 0 Å². The van der Waals surface area contributed by atoms with Crippen molar-refractivity contribution in [2.75, 3.05) is 13.1 Å². The lowest BCUT2D eigenvalue weighted by Crippen LogP contribution is -2.45. The minimum Gasteiger partial charge on any atom is -0.444 e. The standard InChI is InChI=1S/C18H26BrFN2O2/c1-12-9-13(16(20)10-15(12)19)11-22-7-5-14(6-8-22)21-17(23)24-18(2,3)4/h9-10,14H,5-8,11H2,1-4H3,(H,21,23). The maximum absolute atomic E-state index is 14.1. The number of carbonyl (C=O) groups excluding carboxylic acids is 1. The lowest BCUT2D eigenvalue weighted by molar-refractivity contribution is 0.0477. The smallest absolute Gasteiger partial charge is 0.407 e. The van der Waals surface area contributed by atoms with E-state index in [-0.39, 0.29) is 18.0 Å². The second-order valence-electron chi connectivity index (χ2n) is 7.39. The molecule has 0 radical (unpaired) electrons. The van der Waals surface area contributed by atoms with E-state index in [2.05, 4.69) is 26.1 Å². The van der Waals surface area contributed by atoms with Crippen LogP contribution in [0, 0.1) is 12.7 Å². The van der Waals surface area contributed by atoms with Crippen LogP contribution in [0.15, 0.2) is 16.6 Å². The van der Waals surface area contributed by atoms with Crippen LogP contribution in [0.25, 0.3) is 0 Å². The summed E-state index contributed by atoms with van der Waals surface area (Å²) in [4.78, 5) is 14.0. The minimum absolute atomic E-state index is 0.118. The van der Waals surface area contributed by atoms with Crippen LogP contribution in [0.5, 0.6) is 0 Å². The summed E-state index contributed by atoms with van der Waals surface area (Å²) in [6, 6.07) is 3.54. The van der Waals surface area contributed by atoms with Gasteiger partial charge in [-0.1, -0.05) is 22.0 Å². The molecule has 1 N–H and O–H groups in total. The molecule has 2 rings (SSSR count). The lowest BCUT2D eigenvalue weighted by atomic mass is 10.0. The summed E-state index contributed by atoms with van der Waals surface area (Å²) in [6.07, 6.45) is 1.32. The maximum Gasteiger partial charge on any atom is 0.407 e. The number of amides is 1. The van der Waals surface area contributed by atoms with Crippen molar-refractivity contribution in [3.05, 3.63) is 33.5 Å². The van der Waals surface area contributed by atoms with Crippen molar-refractivity contribution in [3.63, 3.8) is 0 Å². The van der Waals surface area contributed by atoms with Crippen molar-refractivity contribution in [1.29, 1.82) is 0 Å². The van der Waals surface area contributed by atoms with Gasteiger partial charge in [-0.05, 0) is 52.2 Å². The Hall–Kier alpha value is -1.14. The normalized spacial score (nSPS) is 16.9. The lowest BCUT2D eigenvalue weighted by Gasteiger charge is -2.33. The van der Waals surface area contributed by atoms with Crippen LogP contribution >= 0.6 is 15.9 Å². The van der Waals surface area contributed by atoms with E-state index in [9.17, 15) is 9.18 Å². The van der Waals surface area contributed by atoms with E-state index in [0.29, 0.717) is 12.1 Å². The van der Waals surface area contributed by atoms with E-state index in [1.54, 1.807) is 0 Å². The zero-order valence-corrected chi connectivity index (χ0v) is 16.4. The molecule has 0 bridgehead atoms. The van der Waals surface area contributed by atoms with Gasteiger partial charge in [-0.25, -0.2) is 9.18 Å². The number of hydrogen-bond acceptors (Lipinski definition) is 3. The largest absolute Gasteiger partial charge is 0.444 e. The predicted molar refractivity (Wildman–Crippen MR) is 96.5 cm³/mol. The fourth-order valence-corrected chi connectivity index (χ4v) is 3.10. The van der Waals surface area contributed by atoms with Gasteiger partial charge in [0.1, 0.15) is 11.4 Å². The summed E-state index contributed by atoms with van der Waals surface area (Å²) in [7, 11) is 0. The first-order valence-electron chi connectivity index (χ1n) is 8.30. The van der Waals surface area contributed by atoms with Crippen LogP contribution < -0.4 is 5.32 Å². The SMILES string of the molecule is Cc1cc(CN2CCC(NC(=O)OC(C)(C)C)CC2)c(F)cc1Br. The Morgan fingerprint density at radius 1 is 1.38 bits per heavy atom. The molecule has 0 atom stereocenters. The monoisotopic (exact) mass is 400 g/mol. The quantitative estimate of drug-likeness (QED) is 0.817. The van der Waals surface area contributed by atoms with Crippen LogP contribution in [-0.2, 0) is 11.3 Å². The Bertz CT molecular complexity index is 593. The number of benzene rings is 1. The fraction of sp³-hybridized carbons (Fsp3) is 0.611. The van der Waals surface area contributed by atoms with Gasteiger partial charge in [0.25, 0.3) is 0 Å². The Kier molecular flexibility index (Phi) is 6.26. The van der Waals surface area contributed by atoms with Crippen molar-refractivity contribution in [1.82, 2.24) is 10.2 Å². The van der Waals surface area contributed by atoms with Crippen molar-refractivity contribution in [3.8, 4) is 0 Å². The van der Waals surface area contributed by atoms with E-state index >= 15 is 0 Å². The molecule has 1 fully saturated rings. The van der Waals surface area contributed by atoms with Crippen LogP contribution in [-0.4, -0.2) is 35.7 Å². The summed E-state index contributed by atoms with van der Waals surface area (Å²) >= 11 is 3.35. The number of halogens is 2. The molecular formula is C18H26BrFN2O2. The molecule has 0 aliphatic carbocycles. The van der Waals surface area contributed by atoms with Crippen LogP contribution in [0.4, 0.5) is 9.18 Å². The first kappa shape index (κ1) is 19.2. The van der Waals surface area contributed by atoms with E-state index in [4.69, 9.17) is 4.74 Å². The molecule has 1 aromatic carbocycles. The zero-order valence-electron chi connectivity index (χ0n) is 14.8. The summed E-state index contributed by atoms with van der Waals surface area (Å²) in [5.74, 6) is -0.179. The van der Waals surface area contributed by atoms with Gasteiger partial charge in [-0.15, -0.1) is 0 Å². The molecule has 24 heavy (non-hydrogen) atoms. The number of nitrogens with zero attached hydrogens (tertiary/aromatic N) is 1. The van der Waals surface area contributed by atoms with E-state index < -0.39 is 5.60 Å². The fourth-order valence-electron chi connectivity index (χ4n) is 2.79. The second kappa shape index (κ2) is 7.83. The number of nitrogens with one attached hydrogen (secondary N) is 1. The minimum atomic E-state index is -0.484. The Labute approximate surface area is 151 Å². The van der Waals surface area contributed by atoms with Crippen LogP contribution in [0.2, 0.25) is 0 Å². The van der Waals surface area contributed by atoms with Gasteiger partial charge in [0, 0.05) is 35.7 Å². The highest BCUT2D eigenvalue weighted by Gasteiger charge is 2.24. The van der Waals surface area contributed by atoms with Crippen LogP contribution in [0.1, 0.15) is 44.7 Å². The third-order valence-corrected chi connectivity index (χ3v) is 4.88. The van der Waals surface area contributed by atoms with Gasteiger partial charge >= 0.3 is 6.09 Å². The predicted octanol–water partition coefficient (Wildman–Crippen LogP) is 4.39. The molecule has 0 aromatic heterocycles. The molecule has 1 aromatic rings. The average Bonchev–Trinajstić information content (AvgIpc) is 2.44. The highest BCUT2D eigenvalue weighted by molar-refractivity contribution is 9.10. The highest BCUT2D eigenvalue weighted by atomic mass is 79.9. The van der Waals surface area contributed by atoms with E-state index in [0.717, 1.165) is 36.0 Å². The molecule has 0 unspecified atom stereocenters. The molecule has 134 valence electrons. The number of rotatable bonds is 3. The number of carbonyl (C=O) groups is 1. The van der Waals surface area contributed by atoms with E-state index in [1.165, 1.54) is 6.07 Å². The molecule has 1 saturated heterocycles. The highest BCUT2D eigenvalue weighted by Crippen LogP contribution is 2.23. The number of piperidine rings is 1. The first-order chi connectivity index (χ1) is 11.1. The molecule has 6 heteroatoms. The third kappa shape index (κ3) is 5.74. The second-order valence-corrected chi connectivity index (χ2v) is 8.24. The summed E-state index contributed by atoms with van der Waals surface area (Å²) in [5, 5.41) is 2.92. The molecule has 1 amide bonds. The summed E-state index contributed by atoms with van der Waals surface area (Å²) in [5.41, 5.74) is 1.27. The van der Waals surface area contributed by atoms with Crippen molar-refractivity contribution in [2.45, 2.75) is 58.7 Å². The number of alkyl carbamates (subject to hydrolysis) is 1. The topological polar surface area (TPSA) is 41.6 Å². The Morgan fingerprint density at radius 2 is 2.00 bits per heavy atom. The van der Waals surface area contributed by atoms with Gasteiger partial charge in [0.2, 0.25) is 0 Å². The van der Waals surface area contributed by atoms with Crippen LogP contribution in [0.3, 0.4) is 0 Å². The molecular weight excluding hydrogens is 375 g/mol. The van der Waals surface area contributed by atoms with Gasteiger partial charge in [-0.2, -0.15) is 0 Å². The summed E-state index contributed by atoms with van der Waals surface area (Å²) in [6.45, 7) is 9.77. The zero-order chi connectivity index (χ0) is 17.9. The Morgan fingerprint density at radius 3 is 2.58 bits per heavy atom. The average molecular weight is 401 g/mol. The van der Waals surface area contributed by atoms with Crippen molar-refractivity contribution >= 4 is 22.0 Å². The van der Waals surface area contributed by atoms with E-state index in [1.807, 2.05) is 33.8 Å². The molecule has 0 spiro atoms. The number of likely N-dealkylation sites (tertiary alicyclic amines) is 1. The molecule has 0 saturated carbocycles. The molecule has 1 heterocycles. The first-order valence-corrected chi connectivity index (χ1v) is 9.10. The van der Waals surface area contributed by atoms with Gasteiger partial charge in [-0.3, -0.25) is 4.90 Å². The Balaban J connectivity index is 1.83. The molecule has 1 aliphatic heterocycles. The summed E-state index contributed by atoms with van der Waals surface area (Å²) < 4.78 is 20.1. The molecule has 1 aliphatic rings. The van der Waals surface area contributed by atoms with Gasteiger partial charge in [0.05, 0.1) is 0 Å².